The first-order valence-electron chi connectivity index (χ1n) is 8.37. The molecule has 0 saturated heterocycles. The van der Waals surface area contributed by atoms with Gasteiger partial charge in [0.2, 0.25) is 10.0 Å². The number of methoxy groups -OCH3 is 2. The Kier molecular flexibility index (Phi) is 5.11. The fourth-order valence-corrected chi connectivity index (χ4v) is 4.09. The molecule has 0 spiro atoms. The molecular formula is C19H24N2O4S. The zero-order valence-corrected chi connectivity index (χ0v) is 16.2. The van der Waals surface area contributed by atoms with E-state index in [4.69, 9.17) is 9.47 Å². The van der Waals surface area contributed by atoms with Crippen LogP contribution in [0.5, 0.6) is 11.5 Å². The molecule has 0 saturated carbocycles. The Balaban J connectivity index is 2.03. The molecule has 3 rings (SSSR count). The van der Waals surface area contributed by atoms with E-state index in [-0.39, 0.29) is 5.92 Å². The van der Waals surface area contributed by atoms with Crippen molar-refractivity contribution < 1.29 is 17.9 Å². The monoisotopic (exact) mass is 376 g/mol. The number of sulfonamides is 1. The molecule has 140 valence electrons. The van der Waals surface area contributed by atoms with E-state index in [9.17, 15) is 8.42 Å². The second kappa shape index (κ2) is 7.17. The van der Waals surface area contributed by atoms with Crippen LogP contribution in [0.1, 0.15) is 28.2 Å². The average Bonchev–Trinajstić information content (AvgIpc) is 2.62. The van der Waals surface area contributed by atoms with Crippen molar-refractivity contribution in [3.63, 3.8) is 0 Å². The van der Waals surface area contributed by atoms with E-state index in [0.717, 1.165) is 29.5 Å². The lowest BCUT2D eigenvalue weighted by Gasteiger charge is -2.29. The van der Waals surface area contributed by atoms with Gasteiger partial charge in [0.15, 0.2) is 11.5 Å². The molecule has 0 fully saturated rings. The van der Waals surface area contributed by atoms with E-state index in [2.05, 4.69) is 10.0 Å². The Labute approximate surface area is 154 Å². The van der Waals surface area contributed by atoms with Gasteiger partial charge in [0.1, 0.15) is 0 Å². The third-order valence-electron chi connectivity index (χ3n) is 4.77. The molecule has 0 aromatic heterocycles. The Bertz CT molecular complexity index is 925. The molecule has 2 aromatic rings. The molecule has 1 heterocycles. The van der Waals surface area contributed by atoms with Gasteiger partial charge in [0.05, 0.1) is 26.2 Å². The number of hydrogen-bond acceptors (Lipinski definition) is 5. The Morgan fingerprint density at radius 1 is 1.12 bits per heavy atom. The minimum absolute atomic E-state index is 0.157. The van der Waals surface area contributed by atoms with E-state index in [1.807, 2.05) is 37.3 Å². The topological polar surface area (TPSA) is 76.7 Å². The summed E-state index contributed by atoms with van der Waals surface area (Å²) in [4.78, 5) is 0. The van der Waals surface area contributed by atoms with Crippen LogP contribution in [0.25, 0.3) is 0 Å². The van der Waals surface area contributed by atoms with Gasteiger partial charge in [-0.25, -0.2) is 8.42 Å². The molecule has 6 nitrogen and oxygen atoms in total. The molecule has 7 heteroatoms. The first-order chi connectivity index (χ1) is 12.3. The van der Waals surface area contributed by atoms with Crippen molar-refractivity contribution in [2.45, 2.75) is 19.4 Å². The second-order valence-electron chi connectivity index (χ2n) is 6.48. The molecule has 2 aromatic carbocycles. The number of anilines is 1. The summed E-state index contributed by atoms with van der Waals surface area (Å²) in [6.45, 7) is 3.47. The third-order valence-corrected chi connectivity index (χ3v) is 5.36. The minimum atomic E-state index is -3.31. The molecule has 26 heavy (non-hydrogen) atoms. The summed E-state index contributed by atoms with van der Waals surface area (Å²) in [6, 6.07) is 9.81. The van der Waals surface area contributed by atoms with Crippen LogP contribution < -0.4 is 19.5 Å². The van der Waals surface area contributed by atoms with E-state index in [1.54, 1.807) is 14.2 Å². The summed E-state index contributed by atoms with van der Waals surface area (Å²) in [7, 11) is -0.0628. The largest absolute Gasteiger partial charge is 0.493 e. The summed E-state index contributed by atoms with van der Waals surface area (Å²) in [6.07, 6.45) is 1.16. The summed E-state index contributed by atoms with van der Waals surface area (Å²) < 4.78 is 36.5. The van der Waals surface area contributed by atoms with Gasteiger partial charge in [0.25, 0.3) is 0 Å². The first kappa shape index (κ1) is 18.5. The maximum Gasteiger partial charge on any atom is 0.229 e. The van der Waals surface area contributed by atoms with Gasteiger partial charge in [-0.3, -0.25) is 4.72 Å². The SMILES string of the molecule is COc1ccc(C2CNCc3c2ccc(NS(C)(=O)=O)c3C)cc1OC. The molecule has 0 amide bonds. The Morgan fingerprint density at radius 3 is 2.50 bits per heavy atom. The van der Waals surface area contributed by atoms with Crippen molar-refractivity contribution in [3.05, 3.63) is 52.6 Å². The number of nitrogens with one attached hydrogen (secondary N) is 2. The molecule has 0 bridgehead atoms. The third kappa shape index (κ3) is 3.64. The van der Waals surface area contributed by atoms with E-state index < -0.39 is 10.0 Å². The quantitative estimate of drug-likeness (QED) is 0.839. The highest BCUT2D eigenvalue weighted by molar-refractivity contribution is 7.92. The summed E-state index contributed by atoms with van der Waals surface area (Å²) in [5.41, 5.74) is 5.03. The van der Waals surface area contributed by atoms with Crippen LogP contribution in [0.2, 0.25) is 0 Å². The molecule has 1 aliphatic heterocycles. The molecule has 1 atom stereocenters. The Morgan fingerprint density at radius 2 is 1.85 bits per heavy atom. The zero-order valence-electron chi connectivity index (χ0n) is 15.4. The lowest BCUT2D eigenvalue weighted by Crippen LogP contribution is -2.30. The lowest BCUT2D eigenvalue weighted by atomic mass is 9.83. The second-order valence-corrected chi connectivity index (χ2v) is 8.23. The number of hydrogen-bond donors (Lipinski definition) is 2. The van der Waals surface area contributed by atoms with Crippen LogP contribution in [-0.4, -0.2) is 35.4 Å². The maximum absolute atomic E-state index is 11.6. The van der Waals surface area contributed by atoms with Gasteiger partial charge >= 0.3 is 0 Å². The van der Waals surface area contributed by atoms with Crippen molar-refractivity contribution in [1.82, 2.24) is 5.32 Å². The molecule has 0 radical (unpaired) electrons. The first-order valence-corrected chi connectivity index (χ1v) is 10.3. The van der Waals surface area contributed by atoms with Crippen LogP contribution in [0.3, 0.4) is 0 Å². The predicted octanol–water partition coefficient (Wildman–Crippen LogP) is 2.62. The van der Waals surface area contributed by atoms with Crippen molar-refractivity contribution in [1.29, 1.82) is 0 Å². The van der Waals surface area contributed by atoms with E-state index >= 15 is 0 Å². The smallest absolute Gasteiger partial charge is 0.229 e. The molecule has 1 unspecified atom stereocenters. The molecular weight excluding hydrogens is 352 g/mol. The summed E-state index contributed by atoms with van der Waals surface area (Å²) in [5, 5.41) is 3.44. The molecule has 2 N–H and O–H groups in total. The van der Waals surface area contributed by atoms with E-state index in [1.165, 1.54) is 5.56 Å². The van der Waals surface area contributed by atoms with Gasteiger partial charge < -0.3 is 14.8 Å². The van der Waals surface area contributed by atoms with Crippen molar-refractivity contribution in [2.24, 2.45) is 0 Å². The lowest BCUT2D eigenvalue weighted by molar-refractivity contribution is 0.354. The number of benzene rings is 2. The van der Waals surface area contributed by atoms with Crippen molar-refractivity contribution in [3.8, 4) is 11.5 Å². The minimum Gasteiger partial charge on any atom is -0.493 e. The van der Waals surface area contributed by atoms with Crippen molar-refractivity contribution in [2.75, 3.05) is 31.7 Å². The van der Waals surface area contributed by atoms with Crippen LogP contribution in [0.15, 0.2) is 30.3 Å². The van der Waals surface area contributed by atoms with Crippen LogP contribution >= 0.6 is 0 Å². The normalized spacial score (nSPS) is 16.7. The van der Waals surface area contributed by atoms with Gasteiger partial charge in [-0.2, -0.15) is 0 Å². The van der Waals surface area contributed by atoms with Crippen LogP contribution in [0, 0.1) is 6.92 Å². The summed E-state index contributed by atoms with van der Waals surface area (Å²) >= 11 is 0. The predicted molar refractivity (Wildman–Crippen MR) is 103 cm³/mol. The number of rotatable bonds is 5. The summed E-state index contributed by atoms with van der Waals surface area (Å²) in [5.74, 6) is 1.55. The number of ether oxygens (including phenoxy) is 2. The van der Waals surface area contributed by atoms with E-state index in [0.29, 0.717) is 23.7 Å². The van der Waals surface area contributed by atoms with Crippen LogP contribution in [0.4, 0.5) is 5.69 Å². The standard InChI is InChI=1S/C19H24N2O4S/c1-12-15-10-20-11-16(13-5-8-18(24-2)19(9-13)25-3)14(15)6-7-17(12)21-26(4,22)23/h5-9,16,20-21H,10-11H2,1-4H3. The van der Waals surface area contributed by atoms with Crippen LogP contribution in [-0.2, 0) is 16.6 Å². The number of fused-ring (bicyclic) bond motifs is 1. The maximum atomic E-state index is 11.6. The fraction of sp³-hybridized carbons (Fsp3) is 0.368. The van der Waals surface area contributed by atoms with Crippen molar-refractivity contribution >= 4 is 15.7 Å². The van der Waals surface area contributed by atoms with Gasteiger partial charge in [-0.15, -0.1) is 0 Å². The highest BCUT2D eigenvalue weighted by atomic mass is 32.2. The highest BCUT2D eigenvalue weighted by Gasteiger charge is 2.25. The average molecular weight is 376 g/mol. The Hall–Kier alpha value is -2.25. The van der Waals surface area contributed by atoms with Gasteiger partial charge in [0, 0.05) is 19.0 Å². The van der Waals surface area contributed by atoms with Gasteiger partial charge in [-0.1, -0.05) is 12.1 Å². The van der Waals surface area contributed by atoms with Gasteiger partial charge in [-0.05, 0) is 47.4 Å². The fourth-order valence-electron chi connectivity index (χ4n) is 3.47. The zero-order chi connectivity index (χ0) is 18.9. The molecule has 1 aliphatic rings. The highest BCUT2D eigenvalue weighted by Crippen LogP contribution is 2.37. The molecule has 0 aliphatic carbocycles.